The number of imide groups is 1. The summed E-state index contributed by atoms with van der Waals surface area (Å²) in [6.07, 6.45) is -4.64. The largest absolute Gasteiger partial charge is 0.465 e. The summed E-state index contributed by atoms with van der Waals surface area (Å²) in [5.41, 5.74) is -0.965. The van der Waals surface area contributed by atoms with Gasteiger partial charge in [0.05, 0.1) is 23.9 Å². The molecular formula is C19H12ClF3N2O4. The van der Waals surface area contributed by atoms with Gasteiger partial charge in [-0.25, -0.2) is 9.69 Å². The number of nitrogens with zero attached hydrogens (tertiary/aromatic N) is 1. The normalized spacial score (nSPS) is 14.4. The lowest BCUT2D eigenvalue weighted by Crippen LogP contribution is -2.32. The first-order valence-electron chi connectivity index (χ1n) is 8.04. The Balaban J connectivity index is 1.87. The third-order valence-corrected chi connectivity index (χ3v) is 4.38. The van der Waals surface area contributed by atoms with Crippen molar-refractivity contribution in [2.45, 2.75) is 6.18 Å². The molecule has 2 aromatic rings. The van der Waals surface area contributed by atoms with Crippen LogP contribution in [0.2, 0.25) is 0 Å². The number of carbonyl (C=O) groups excluding carboxylic acids is 3. The monoisotopic (exact) mass is 424 g/mol. The summed E-state index contributed by atoms with van der Waals surface area (Å²) in [5, 5.41) is 2.19. The highest BCUT2D eigenvalue weighted by molar-refractivity contribution is 6.53. The number of hydrogen-bond donors (Lipinski definition) is 1. The van der Waals surface area contributed by atoms with Gasteiger partial charge in [-0.3, -0.25) is 9.59 Å². The maximum atomic E-state index is 12.9. The minimum Gasteiger partial charge on any atom is -0.465 e. The fourth-order valence-electron chi connectivity index (χ4n) is 2.62. The van der Waals surface area contributed by atoms with E-state index in [4.69, 9.17) is 11.6 Å². The van der Waals surface area contributed by atoms with Crippen LogP contribution >= 0.6 is 11.6 Å². The van der Waals surface area contributed by atoms with Gasteiger partial charge in [-0.2, -0.15) is 13.2 Å². The number of benzene rings is 2. The Bertz CT molecular complexity index is 1030. The average molecular weight is 425 g/mol. The highest BCUT2D eigenvalue weighted by Crippen LogP contribution is 2.35. The third kappa shape index (κ3) is 3.95. The van der Waals surface area contributed by atoms with Crippen LogP contribution in [0.5, 0.6) is 0 Å². The molecule has 0 bridgehead atoms. The van der Waals surface area contributed by atoms with Crippen molar-refractivity contribution in [1.82, 2.24) is 0 Å². The van der Waals surface area contributed by atoms with Crippen molar-refractivity contribution in [1.29, 1.82) is 0 Å². The van der Waals surface area contributed by atoms with Crippen LogP contribution in [0.25, 0.3) is 0 Å². The van der Waals surface area contributed by atoms with Gasteiger partial charge in [-0.05, 0) is 42.5 Å². The Kier molecular flexibility index (Phi) is 5.34. The molecule has 0 atom stereocenters. The molecule has 29 heavy (non-hydrogen) atoms. The predicted molar refractivity (Wildman–Crippen MR) is 98.2 cm³/mol. The minimum absolute atomic E-state index is 0.259. The van der Waals surface area contributed by atoms with Crippen LogP contribution in [0.15, 0.2) is 59.3 Å². The number of esters is 1. The van der Waals surface area contributed by atoms with Crippen molar-refractivity contribution in [3.63, 3.8) is 0 Å². The van der Waals surface area contributed by atoms with Crippen molar-refractivity contribution < 1.29 is 32.3 Å². The maximum Gasteiger partial charge on any atom is 0.416 e. The SMILES string of the molecule is COC(=O)c1ccc(NC2=C(Cl)C(=O)N(c3cccc(C(F)(F)F)c3)C2=O)cc1. The highest BCUT2D eigenvalue weighted by Gasteiger charge is 2.40. The molecule has 2 aromatic carbocycles. The van der Waals surface area contributed by atoms with Gasteiger partial charge in [0.25, 0.3) is 11.8 Å². The van der Waals surface area contributed by atoms with E-state index < -0.39 is 34.6 Å². The number of carbonyl (C=O) groups is 3. The summed E-state index contributed by atoms with van der Waals surface area (Å²) in [5.74, 6) is -2.42. The molecule has 6 nitrogen and oxygen atoms in total. The average Bonchev–Trinajstić information content (AvgIpc) is 2.90. The van der Waals surface area contributed by atoms with Crippen molar-refractivity contribution in [2.75, 3.05) is 17.3 Å². The van der Waals surface area contributed by atoms with Crippen LogP contribution < -0.4 is 10.2 Å². The first-order valence-corrected chi connectivity index (χ1v) is 8.42. The lowest BCUT2D eigenvalue weighted by atomic mass is 10.2. The number of hydrogen-bond acceptors (Lipinski definition) is 5. The summed E-state index contributed by atoms with van der Waals surface area (Å²) >= 11 is 5.96. The number of alkyl halides is 3. The van der Waals surface area contributed by atoms with E-state index in [1.165, 1.54) is 37.4 Å². The van der Waals surface area contributed by atoms with E-state index in [2.05, 4.69) is 10.1 Å². The molecule has 0 aliphatic carbocycles. The first kappa shape index (κ1) is 20.4. The van der Waals surface area contributed by atoms with E-state index >= 15 is 0 Å². The van der Waals surface area contributed by atoms with Gasteiger partial charge in [0, 0.05) is 5.69 Å². The molecule has 0 saturated heterocycles. The van der Waals surface area contributed by atoms with Crippen LogP contribution in [0, 0.1) is 0 Å². The number of amides is 2. The van der Waals surface area contributed by atoms with E-state index in [0.717, 1.165) is 12.1 Å². The van der Waals surface area contributed by atoms with Gasteiger partial charge in [0.2, 0.25) is 0 Å². The fraction of sp³-hybridized carbons (Fsp3) is 0.105. The van der Waals surface area contributed by atoms with Gasteiger partial charge >= 0.3 is 12.1 Å². The van der Waals surface area contributed by atoms with Gasteiger partial charge in [0.15, 0.2) is 0 Å². The molecule has 1 N–H and O–H groups in total. The molecule has 0 fully saturated rings. The second-order valence-corrected chi connectivity index (χ2v) is 6.25. The number of rotatable bonds is 4. The van der Waals surface area contributed by atoms with Crippen LogP contribution in [-0.4, -0.2) is 24.9 Å². The summed E-state index contributed by atoms with van der Waals surface area (Å²) in [6.45, 7) is 0. The molecule has 0 aromatic heterocycles. The smallest absolute Gasteiger partial charge is 0.416 e. The minimum atomic E-state index is -4.64. The maximum absolute atomic E-state index is 12.9. The lowest BCUT2D eigenvalue weighted by molar-refractivity contribution is -0.137. The lowest BCUT2D eigenvalue weighted by Gasteiger charge is -2.17. The Hall–Kier alpha value is -3.33. The summed E-state index contributed by atoms with van der Waals surface area (Å²) in [7, 11) is 1.23. The molecule has 3 rings (SSSR count). The molecule has 0 saturated carbocycles. The van der Waals surface area contributed by atoms with Gasteiger partial charge in [0.1, 0.15) is 10.7 Å². The number of ether oxygens (including phenoxy) is 1. The molecular weight excluding hydrogens is 413 g/mol. The van der Waals surface area contributed by atoms with E-state index in [1.807, 2.05) is 0 Å². The number of halogens is 4. The zero-order valence-electron chi connectivity index (χ0n) is 14.7. The quantitative estimate of drug-likeness (QED) is 0.594. The van der Waals surface area contributed by atoms with Crippen LogP contribution in [0.3, 0.4) is 0 Å². The zero-order valence-corrected chi connectivity index (χ0v) is 15.5. The number of anilines is 2. The van der Waals surface area contributed by atoms with Crippen molar-refractivity contribution in [3.05, 3.63) is 70.4 Å². The second kappa shape index (κ2) is 7.59. The van der Waals surface area contributed by atoms with Crippen LogP contribution in [0.4, 0.5) is 24.5 Å². The molecule has 150 valence electrons. The van der Waals surface area contributed by atoms with E-state index in [-0.39, 0.29) is 16.9 Å². The van der Waals surface area contributed by atoms with Crippen molar-refractivity contribution >= 4 is 40.8 Å². The topological polar surface area (TPSA) is 75.7 Å². The number of nitrogens with one attached hydrogen (secondary N) is 1. The Morgan fingerprint density at radius 1 is 1.07 bits per heavy atom. The predicted octanol–water partition coefficient (Wildman–Crippen LogP) is 3.93. The van der Waals surface area contributed by atoms with Gasteiger partial charge in [-0.15, -0.1) is 0 Å². The van der Waals surface area contributed by atoms with Crippen molar-refractivity contribution in [2.24, 2.45) is 0 Å². The molecule has 1 heterocycles. The van der Waals surface area contributed by atoms with E-state index in [0.29, 0.717) is 16.7 Å². The Morgan fingerprint density at radius 3 is 2.31 bits per heavy atom. The fourth-order valence-corrected chi connectivity index (χ4v) is 2.83. The summed E-state index contributed by atoms with van der Waals surface area (Å²) in [4.78, 5) is 37.1. The zero-order chi connectivity index (χ0) is 21.3. The van der Waals surface area contributed by atoms with Gasteiger partial charge < -0.3 is 10.1 Å². The molecule has 0 radical (unpaired) electrons. The summed E-state index contributed by atoms with van der Waals surface area (Å²) in [6, 6.07) is 9.55. The molecule has 1 aliphatic rings. The van der Waals surface area contributed by atoms with E-state index in [1.54, 1.807) is 0 Å². The molecule has 1 aliphatic heterocycles. The molecule has 0 spiro atoms. The second-order valence-electron chi connectivity index (χ2n) is 5.88. The summed E-state index contributed by atoms with van der Waals surface area (Å²) < 4.78 is 43.4. The highest BCUT2D eigenvalue weighted by atomic mass is 35.5. The molecule has 2 amide bonds. The van der Waals surface area contributed by atoms with Crippen LogP contribution in [-0.2, 0) is 20.5 Å². The molecule has 0 unspecified atom stereocenters. The Morgan fingerprint density at radius 2 is 1.72 bits per heavy atom. The standard InChI is InChI=1S/C19H12ClF3N2O4/c1-29-18(28)10-5-7-12(8-6-10)24-15-14(20)16(26)25(17(15)27)13-4-2-3-11(9-13)19(21,22)23/h2-9,24H,1H3. The third-order valence-electron chi connectivity index (χ3n) is 4.03. The first-order chi connectivity index (χ1) is 13.6. The molecule has 10 heteroatoms. The Labute approximate surface area is 167 Å². The van der Waals surface area contributed by atoms with E-state index in [9.17, 15) is 27.6 Å². The van der Waals surface area contributed by atoms with Crippen LogP contribution in [0.1, 0.15) is 15.9 Å². The van der Waals surface area contributed by atoms with Crippen molar-refractivity contribution in [3.8, 4) is 0 Å². The number of methoxy groups -OCH3 is 1. The van der Waals surface area contributed by atoms with Gasteiger partial charge in [-0.1, -0.05) is 17.7 Å².